The molecule has 0 aromatic heterocycles. The third-order valence-corrected chi connectivity index (χ3v) is 7.89. The van der Waals surface area contributed by atoms with Crippen molar-refractivity contribution < 1.29 is 9.47 Å². The molecule has 0 aliphatic carbocycles. The Morgan fingerprint density at radius 3 is 1.94 bits per heavy atom. The van der Waals surface area contributed by atoms with Crippen molar-refractivity contribution in [3.63, 3.8) is 0 Å². The van der Waals surface area contributed by atoms with Crippen molar-refractivity contribution in [3.05, 3.63) is 0 Å². The number of ether oxygens (including phenoxy) is 2. The predicted octanol–water partition coefficient (Wildman–Crippen LogP) is 3.26. The summed E-state index contributed by atoms with van der Waals surface area (Å²) in [6.45, 7) is 22.3. The van der Waals surface area contributed by atoms with E-state index in [1.54, 1.807) is 0 Å². The lowest BCUT2D eigenvalue weighted by Crippen LogP contribution is -2.55. The Bertz CT molecular complexity index is 476. The van der Waals surface area contributed by atoms with E-state index in [4.69, 9.17) is 9.47 Å². The summed E-state index contributed by atoms with van der Waals surface area (Å²) in [5.41, 5.74) is 0. The van der Waals surface area contributed by atoms with Crippen molar-refractivity contribution in [1.82, 2.24) is 19.6 Å². The van der Waals surface area contributed by atoms with Gasteiger partial charge in [-0.3, -0.25) is 9.80 Å². The van der Waals surface area contributed by atoms with Crippen LogP contribution in [0.2, 0.25) is 0 Å². The molecule has 190 valence electrons. The van der Waals surface area contributed by atoms with Gasteiger partial charge in [-0.05, 0) is 85.7 Å². The fourth-order valence-electron chi connectivity index (χ4n) is 5.21. The molecule has 0 spiro atoms. The minimum absolute atomic E-state index is 0.708. The first-order valence-electron chi connectivity index (χ1n) is 13.5. The topological polar surface area (TPSA) is 31.4 Å². The van der Waals surface area contributed by atoms with E-state index < -0.39 is 0 Å². The summed E-state index contributed by atoms with van der Waals surface area (Å²) in [6.07, 6.45) is 5.61. The quantitative estimate of drug-likeness (QED) is 0.648. The summed E-state index contributed by atoms with van der Waals surface area (Å²) >= 11 is 0. The fraction of sp³-hybridized carbons (Fsp3) is 1.00. The number of likely N-dealkylation sites (N-methyl/N-ethyl adjacent to an activating group) is 1. The van der Waals surface area contributed by atoms with Gasteiger partial charge in [0.05, 0.1) is 38.5 Å². The van der Waals surface area contributed by atoms with Crippen LogP contribution in [-0.4, -0.2) is 124 Å². The highest BCUT2D eigenvalue weighted by Crippen LogP contribution is 2.31. The minimum atomic E-state index is 0.708. The molecule has 32 heavy (non-hydrogen) atoms. The number of nitrogens with zero attached hydrogens (tertiary/aromatic N) is 4. The van der Waals surface area contributed by atoms with Crippen LogP contribution in [0.15, 0.2) is 0 Å². The Hall–Kier alpha value is -0.240. The number of likely N-dealkylation sites (tertiary alicyclic amines) is 3. The van der Waals surface area contributed by atoms with Gasteiger partial charge in [-0.25, -0.2) is 0 Å². The van der Waals surface area contributed by atoms with Crippen LogP contribution < -0.4 is 0 Å². The second-order valence-electron chi connectivity index (χ2n) is 10.2. The van der Waals surface area contributed by atoms with Crippen molar-refractivity contribution in [3.8, 4) is 0 Å². The smallest absolute Gasteiger partial charge is 0.0645 e. The molecule has 5 aliphatic heterocycles. The highest BCUT2D eigenvalue weighted by molar-refractivity contribution is 4.94. The molecule has 2 atom stereocenters. The van der Waals surface area contributed by atoms with E-state index in [9.17, 15) is 0 Å². The largest absolute Gasteiger partial charge is 0.378 e. The first-order chi connectivity index (χ1) is 15.5. The van der Waals surface area contributed by atoms with Crippen molar-refractivity contribution >= 4 is 0 Å². The Morgan fingerprint density at radius 2 is 1.53 bits per heavy atom. The lowest BCUT2D eigenvalue weighted by Gasteiger charge is -2.44. The number of hydrogen-bond acceptors (Lipinski definition) is 6. The molecule has 0 aromatic carbocycles. The van der Waals surface area contributed by atoms with Gasteiger partial charge >= 0.3 is 0 Å². The van der Waals surface area contributed by atoms with Crippen LogP contribution in [0.5, 0.6) is 0 Å². The van der Waals surface area contributed by atoms with Crippen LogP contribution in [0.1, 0.15) is 60.3 Å². The van der Waals surface area contributed by atoms with Crippen LogP contribution in [0, 0.1) is 5.92 Å². The van der Waals surface area contributed by atoms with E-state index >= 15 is 0 Å². The zero-order chi connectivity index (χ0) is 23.5. The summed E-state index contributed by atoms with van der Waals surface area (Å²) < 4.78 is 10.3. The summed E-state index contributed by atoms with van der Waals surface area (Å²) in [5, 5.41) is 0. The third-order valence-electron chi connectivity index (χ3n) is 7.89. The van der Waals surface area contributed by atoms with E-state index in [1.165, 1.54) is 58.4 Å². The van der Waals surface area contributed by atoms with Crippen molar-refractivity contribution in [2.45, 2.75) is 84.5 Å². The number of rotatable bonds is 4. The number of fused-ring (bicyclic) bond motifs is 1. The molecule has 6 heteroatoms. The molecule has 6 nitrogen and oxygen atoms in total. The molecule has 0 saturated carbocycles. The molecule has 0 radical (unpaired) electrons. The minimum Gasteiger partial charge on any atom is -0.378 e. The maximum absolute atomic E-state index is 5.27. The van der Waals surface area contributed by atoms with Gasteiger partial charge in [0, 0.05) is 25.2 Å². The average molecular weight is 455 g/mol. The van der Waals surface area contributed by atoms with Gasteiger partial charge in [-0.2, -0.15) is 0 Å². The highest BCUT2D eigenvalue weighted by atomic mass is 16.5. The molecule has 0 bridgehead atoms. The van der Waals surface area contributed by atoms with Gasteiger partial charge in [0.2, 0.25) is 0 Å². The van der Waals surface area contributed by atoms with E-state index in [-0.39, 0.29) is 0 Å². The third kappa shape index (κ3) is 8.21. The predicted molar refractivity (Wildman–Crippen MR) is 136 cm³/mol. The summed E-state index contributed by atoms with van der Waals surface area (Å²) in [6, 6.07) is 3.12. The molecule has 5 rings (SSSR count). The molecule has 5 saturated heterocycles. The Balaban J connectivity index is 0.000000175. The fourth-order valence-corrected chi connectivity index (χ4v) is 5.21. The molecule has 0 N–H and O–H groups in total. The molecule has 5 heterocycles. The molecule has 5 fully saturated rings. The van der Waals surface area contributed by atoms with Gasteiger partial charge in [0.15, 0.2) is 0 Å². The molecule has 0 aromatic rings. The molecular weight excluding hydrogens is 400 g/mol. The Kier molecular flexibility index (Phi) is 13.0. The van der Waals surface area contributed by atoms with Gasteiger partial charge < -0.3 is 19.3 Å². The van der Waals surface area contributed by atoms with Gasteiger partial charge in [0.25, 0.3) is 0 Å². The first-order valence-corrected chi connectivity index (χ1v) is 13.5. The number of hydrogen-bond donors (Lipinski definition) is 0. The molecule has 5 aliphatic rings. The van der Waals surface area contributed by atoms with Crippen LogP contribution in [-0.2, 0) is 9.47 Å². The van der Waals surface area contributed by atoms with Crippen LogP contribution in [0.4, 0.5) is 0 Å². The van der Waals surface area contributed by atoms with Crippen molar-refractivity contribution in [1.29, 1.82) is 0 Å². The number of piperidine rings is 1. The first kappa shape index (κ1) is 28.0. The zero-order valence-electron chi connectivity index (χ0n) is 22.4. The zero-order valence-corrected chi connectivity index (χ0v) is 22.4. The van der Waals surface area contributed by atoms with E-state index in [0.29, 0.717) is 6.04 Å². The monoisotopic (exact) mass is 454 g/mol. The second kappa shape index (κ2) is 14.9. The standard InChI is InChI=1S/C11H20N2O.C7H15N.C6H13NO.C2H6/c1-12-4-2-9-6-13(5-3-11(9)12)10-7-14-8-10;1-7(2)8-5-3-4-6-8;1-3-7(2)6-4-8-5-6;1-2/h9-11H,2-8H2,1H3;7H,3-6H2,1-2H3;6H,3-5H2,1-2H3;1-2H3. The van der Waals surface area contributed by atoms with E-state index in [2.05, 4.69) is 54.5 Å². The maximum atomic E-state index is 5.27. The summed E-state index contributed by atoms with van der Waals surface area (Å²) in [4.78, 5) is 10.0. The average Bonchev–Trinajstić information content (AvgIpc) is 3.38. The van der Waals surface area contributed by atoms with E-state index in [0.717, 1.165) is 57.0 Å². The normalized spacial score (nSPS) is 29.2. The lowest BCUT2D eigenvalue weighted by molar-refractivity contribution is -0.0798. The van der Waals surface area contributed by atoms with Crippen LogP contribution in [0.3, 0.4) is 0 Å². The second-order valence-corrected chi connectivity index (χ2v) is 10.2. The van der Waals surface area contributed by atoms with Gasteiger partial charge in [-0.15, -0.1) is 0 Å². The highest BCUT2D eigenvalue weighted by Gasteiger charge is 2.39. The Labute approximate surface area is 199 Å². The van der Waals surface area contributed by atoms with Gasteiger partial charge in [0.1, 0.15) is 0 Å². The van der Waals surface area contributed by atoms with Gasteiger partial charge in [-0.1, -0.05) is 20.8 Å². The Morgan fingerprint density at radius 1 is 0.906 bits per heavy atom. The lowest BCUT2D eigenvalue weighted by atomic mass is 9.91. The van der Waals surface area contributed by atoms with Crippen LogP contribution >= 0.6 is 0 Å². The maximum Gasteiger partial charge on any atom is 0.0645 e. The summed E-state index contributed by atoms with van der Waals surface area (Å²) in [5.74, 6) is 0.939. The van der Waals surface area contributed by atoms with Crippen molar-refractivity contribution in [2.24, 2.45) is 5.92 Å². The van der Waals surface area contributed by atoms with Crippen molar-refractivity contribution in [2.75, 3.05) is 79.8 Å². The van der Waals surface area contributed by atoms with Crippen LogP contribution in [0.25, 0.3) is 0 Å². The molecule has 0 amide bonds. The molecular formula is C26H54N4O2. The SMILES string of the molecule is CC.CC(C)N1CCCC1.CCN(C)C1COC1.CN1CCC2CN(C3COC3)CCC21. The summed E-state index contributed by atoms with van der Waals surface area (Å²) in [7, 11) is 4.42. The molecule has 2 unspecified atom stereocenters. The van der Waals surface area contributed by atoms with E-state index in [1.807, 2.05) is 13.8 Å².